The largest absolute Gasteiger partial charge is 0.490 e. The van der Waals surface area contributed by atoms with Crippen LogP contribution in [0.3, 0.4) is 0 Å². The third-order valence-electron chi connectivity index (χ3n) is 1.68. The molecule has 0 aliphatic heterocycles. The Morgan fingerprint density at radius 3 is 2.60 bits per heavy atom. The van der Waals surface area contributed by atoms with Gasteiger partial charge in [-0.15, -0.1) is 0 Å². The second-order valence-electron chi connectivity index (χ2n) is 2.73. The van der Waals surface area contributed by atoms with Crippen LogP contribution in [0.4, 0.5) is 8.78 Å². The van der Waals surface area contributed by atoms with Crippen LogP contribution in [-0.2, 0) is 5.33 Å². The molecule has 0 bridgehead atoms. The van der Waals surface area contributed by atoms with Gasteiger partial charge in [0.05, 0.1) is 6.61 Å². The van der Waals surface area contributed by atoms with Crippen molar-refractivity contribution in [1.82, 2.24) is 0 Å². The highest BCUT2D eigenvalue weighted by molar-refractivity contribution is 9.08. The third-order valence-corrected chi connectivity index (χ3v) is 2.33. The van der Waals surface area contributed by atoms with Gasteiger partial charge >= 0.3 is 6.61 Å². The van der Waals surface area contributed by atoms with Crippen molar-refractivity contribution >= 4 is 15.9 Å². The zero-order chi connectivity index (χ0) is 11.3. The van der Waals surface area contributed by atoms with Crippen LogP contribution in [0.15, 0.2) is 18.2 Å². The normalized spacial score (nSPS) is 10.5. The predicted octanol–water partition coefficient (Wildman–Crippen LogP) is 3.58. The summed E-state index contributed by atoms with van der Waals surface area (Å²) in [6.45, 7) is -0.641. The molecule has 0 atom stereocenters. The summed E-state index contributed by atoms with van der Waals surface area (Å²) >= 11 is 3.27. The fourth-order valence-electron chi connectivity index (χ4n) is 1.10. The van der Waals surface area contributed by atoms with Crippen molar-refractivity contribution in [1.29, 1.82) is 0 Å². The Hall–Kier alpha value is -0.840. The van der Waals surface area contributed by atoms with Gasteiger partial charge in [-0.1, -0.05) is 22.0 Å². The maximum Gasteiger partial charge on any atom is 0.387 e. The van der Waals surface area contributed by atoms with E-state index in [4.69, 9.17) is 4.74 Å². The fourth-order valence-corrected chi connectivity index (χ4v) is 1.45. The van der Waals surface area contributed by atoms with Gasteiger partial charge < -0.3 is 9.47 Å². The zero-order valence-electron chi connectivity index (χ0n) is 8.17. The van der Waals surface area contributed by atoms with Crippen LogP contribution in [0.5, 0.6) is 11.5 Å². The molecular formula is C10H11BrF2O2. The molecule has 0 radical (unpaired) electrons. The van der Waals surface area contributed by atoms with Crippen LogP contribution in [0.25, 0.3) is 0 Å². The van der Waals surface area contributed by atoms with Gasteiger partial charge in [-0.05, 0) is 24.6 Å². The number of halogens is 3. The lowest BCUT2D eigenvalue weighted by Gasteiger charge is -2.11. The molecule has 0 heterocycles. The summed E-state index contributed by atoms with van der Waals surface area (Å²) < 4.78 is 33.6. The molecule has 5 heteroatoms. The Labute approximate surface area is 95.3 Å². The van der Waals surface area contributed by atoms with E-state index in [1.54, 1.807) is 19.1 Å². The van der Waals surface area contributed by atoms with E-state index < -0.39 is 6.61 Å². The molecule has 0 saturated carbocycles. The van der Waals surface area contributed by atoms with E-state index in [9.17, 15) is 8.78 Å². The van der Waals surface area contributed by atoms with Crippen molar-refractivity contribution in [2.75, 3.05) is 6.61 Å². The minimum absolute atomic E-state index is 0.0663. The average molecular weight is 281 g/mol. The van der Waals surface area contributed by atoms with Crippen LogP contribution in [0.2, 0.25) is 0 Å². The van der Waals surface area contributed by atoms with Crippen LogP contribution >= 0.6 is 15.9 Å². The molecule has 2 nitrogen and oxygen atoms in total. The second kappa shape index (κ2) is 5.90. The van der Waals surface area contributed by atoms with Crippen LogP contribution in [-0.4, -0.2) is 13.2 Å². The summed E-state index contributed by atoms with van der Waals surface area (Å²) in [5.74, 6) is 0.409. The van der Waals surface area contributed by atoms with E-state index in [-0.39, 0.29) is 5.75 Å². The number of hydrogen-bond donors (Lipinski definition) is 0. The van der Waals surface area contributed by atoms with Crippen LogP contribution in [0, 0.1) is 0 Å². The minimum Gasteiger partial charge on any atom is -0.490 e. The lowest BCUT2D eigenvalue weighted by atomic mass is 10.2. The first kappa shape index (κ1) is 12.2. The summed E-state index contributed by atoms with van der Waals surface area (Å²) in [6, 6.07) is 4.86. The first-order chi connectivity index (χ1) is 7.17. The molecule has 0 saturated heterocycles. The van der Waals surface area contributed by atoms with E-state index in [0.717, 1.165) is 5.56 Å². The van der Waals surface area contributed by atoms with Crippen LogP contribution < -0.4 is 9.47 Å². The number of rotatable bonds is 5. The molecule has 0 spiro atoms. The van der Waals surface area contributed by atoms with E-state index >= 15 is 0 Å². The average Bonchev–Trinajstić information content (AvgIpc) is 2.20. The smallest absolute Gasteiger partial charge is 0.387 e. The molecule has 0 amide bonds. The van der Waals surface area contributed by atoms with Crippen molar-refractivity contribution in [2.24, 2.45) is 0 Å². The molecule has 0 aliphatic carbocycles. The van der Waals surface area contributed by atoms with Gasteiger partial charge in [0.2, 0.25) is 0 Å². The van der Waals surface area contributed by atoms with Gasteiger partial charge in [-0.25, -0.2) is 0 Å². The number of ether oxygens (including phenoxy) is 2. The molecule has 0 aromatic heterocycles. The number of hydrogen-bond acceptors (Lipinski definition) is 2. The fraction of sp³-hybridized carbons (Fsp3) is 0.400. The van der Waals surface area contributed by atoms with Crippen molar-refractivity contribution < 1.29 is 18.3 Å². The van der Waals surface area contributed by atoms with Crippen molar-refractivity contribution in [2.45, 2.75) is 18.9 Å². The summed E-state index contributed by atoms with van der Waals surface area (Å²) in [7, 11) is 0. The van der Waals surface area contributed by atoms with Crippen molar-refractivity contribution in [3.05, 3.63) is 23.8 Å². The molecule has 0 fully saturated rings. The molecule has 84 valence electrons. The lowest BCUT2D eigenvalue weighted by molar-refractivity contribution is -0.0514. The van der Waals surface area contributed by atoms with E-state index in [1.807, 2.05) is 0 Å². The third kappa shape index (κ3) is 3.66. The van der Waals surface area contributed by atoms with Crippen molar-refractivity contribution in [3.8, 4) is 11.5 Å². The minimum atomic E-state index is -2.83. The molecule has 1 rings (SSSR count). The highest BCUT2D eigenvalue weighted by atomic mass is 79.9. The Morgan fingerprint density at radius 1 is 1.33 bits per heavy atom. The van der Waals surface area contributed by atoms with Gasteiger partial charge in [0.15, 0.2) is 11.5 Å². The Morgan fingerprint density at radius 2 is 2.07 bits per heavy atom. The molecule has 1 aromatic carbocycles. The number of benzene rings is 1. The first-order valence-electron chi connectivity index (χ1n) is 4.44. The molecule has 15 heavy (non-hydrogen) atoms. The van der Waals surface area contributed by atoms with Crippen LogP contribution in [0.1, 0.15) is 12.5 Å². The first-order valence-corrected chi connectivity index (χ1v) is 5.56. The quantitative estimate of drug-likeness (QED) is 0.768. The zero-order valence-corrected chi connectivity index (χ0v) is 9.76. The SMILES string of the molecule is CCOc1cc(CBr)ccc1OC(F)F. The van der Waals surface area contributed by atoms with E-state index in [1.165, 1.54) is 6.07 Å². The van der Waals surface area contributed by atoms with Gasteiger partial charge in [-0.2, -0.15) is 8.78 Å². The summed E-state index contributed by atoms with van der Waals surface area (Å²) in [6.07, 6.45) is 0. The maximum atomic E-state index is 12.0. The monoisotopic (exact) mass is 280 g/mol. The highest BCUT2D eigenvalue weighted by Gasteiger charge is 2.10. The van der Waals surface area contributed by atoms with Gasteiger partial charge in [-0.3, -0.25) is 0 Å². The molecular weight excluding hydrogens is 270 g/mol. The molecule has 1 aromatic rings. The molecule has 0 aliphatic rings. The van der Waals surface area contributed by atoms with E-state index in [2.05, 4.69) is 20.7 Å². The highest BCUT2D eigenvalue weighted by Crippen LogP contribution is 2.30. The summed E-state index contributed by atoms with van der Waals surface area (Å²) in [5, 5.41) is 0.641. The lowest BCUT2D eigenvalue weighted by Crippen LogP contribution is -2.04. The van der Waals surface area contributed by atoms with Crippen molar-refractivity contribution in [3.63, 3.8) is 0 Å². The second-order valence-corrected chi connectivity index (χ2v) is 3.29. The maximum absolute atomic E-state index is 12.0. The predicted molar refractivity (Wildman–Crippen MR) is 56.9 cm³/mol. The summed E-state index contributed by atoms with van der Waals surface area (Å²) in [5.41, 5.74) is 0.945. The summed E-state index contributed by atoms with van der Waals surface area (Å²) in [4.78, 5) is 0. The molecule has 0 N–H and O–H groups in total. The topological polar surface area (TPSA) is 18.5 Å². The Bertz CT molecular complexity index is 318. The van der Waals surface area contributed by atoms with E-state index in [0.29, 0.717) is 17.7 Å². The molecule has 0 unspecified atom stereocenters. The Kier molecular flexibility index (Phi) is 4.81. The standard InChI is InChI=1S/C10H11BrF2O2/c1-2-14-9-5-7(6-11)3-4-8(9)15-10(12)13/h3-5,10H,2,6H2,1H3. The van der Waals surface area contributed by atoms with Gasteiger partial charge in [0, 0.05) is 5.33 Å². The van der Waals surface area contributed by atoms with Gasteiger partial charge in [0.1, 0.15) is 0 Å². The van der Waals surface area contributed by atoms with Gasteiger partial charge in [0.25, 0.3) is 0 Å². The Balaban J connectivity index is 2.92. The number of alkyl halides is 3.